The second kappa shape index (κ2) is 13.3. The normalized spacial score (nSPS) is 34.4. The first-order valence-electron chi connectivity index (χ1n) is 11.0. The second-order valence-electron chi connectivity index (χ2n) is 8.33. The molecule has 2 rings (SSSR count). The van der Waals surface area contributed by atoms with Crippen molar-refractivity contribution in [1.82, 2.24) is 0 Å². The van der Waals surface area contributed by atoms with Gasteiger partial charge in [-0.3, -0.25) is 0 Å². The van der Waals surface area contributed by atoms with E-state index < -0.39 is 0 Å². The molecule has 0 bridgehead atoms. The molecule has 2 heteroatoms. The van der Waals surface area contributed by atoms with Gasteiger partial charge in [-0.1, -0.05) is 77.3 Å². The summed E-state index contributed by atoms with van der Waals surface area (Å²) in [4.78, 5) is 11.0. The Labute approximate surface area is 163 Å². The van der Waals surface area contributed by atoms with E-state index in [0.29, 0.717) is 5.41 Å². The summed E-state index contributed by atoms with van der Waals surface area (Å²) in [5.74, 6) is 3.36. The van der Waals surface area contributed by atoms with Gasteiger partial charge in [-0.25, -0.2) is 0 Å². The Kier molecular flexibility index (Phi) is 12.8. The van der Waals surface area contributed by atoms with Crippen LogP contribution >= 0.6 is 0 Å². The van der Waals surface area contributed by atoms with Crippen molar-refractivity contribution in [3.63, 3.8) is 0 Å². The maximum absolute atomic E-state index is 11.0. The fraction of sp³-hybridized carbons (Fsp3) is 0.833. The van der Waals surface area contributed by atoms with E-state index in [9.17, 15) is 4.91 Å². The van der Waals surface area contributed by atoms with Gasteiger partial charge < -0.3 is 0 Å². The summed E-state index contributed by atoms with van der Waals surface area (Å²) >= 11 is 0. The van der Waals surface area contributed by atoms with E-state index >= 15 is 0 Å². The predicted octanol–water partition coefficient (Wildman–Crippen LogP) is 8.18. The third kappa shape index (κ3) is 6.67. The van der Waals surface area contributed by atoms with E-state index in [1.807, 2.05) is 39.8 Å². The van der Waals surface area contributed by atoms with E-state index in [1.54, 1.807) is 6.08 Å². The highest BCUT2D eigenvalue weighted by Crippen LogP contribution is 2.58. The molecule has 0 aromatic heterocycles. The van der Waals surface area contributed by atoms with Crippen LogP contribution in [0.25, 0.3) is 0 Å². The standard InChI is InChI=1S/C19H33NO.C3H6.C2H6/c1-5-7-16(20-21)10-12-18-15(3)9-11-17-14(2)8-6-13-19(17,18)4;1-3-2;1-2/h5,7,14-18H,6,8-13H2,1-4H3;3H,1H2,2H3;1-2H3/b7-5+;;/t14?,15?,16-,17?,18?,19?;;/m0../s1. The van der Waals surface area contributed by atoms with Gasteiger partial charge in [-0.2, -0.15) is 4.91 Å². The molecule has 5 unspecified atom stereocenters. The van der Waals surface area contributed by atoms with Crippen LogP contribution in [0.1, 0.15) is 93.4 Å². The van der Waals surface area contributed by atoms with Crippen molar-refractivity contribution >= 4 is 0 Å². The zero-order valence-corrected chi connectivity index (χ0v) is 18.6. The fourth-order valence-corrected chi connectivity index (χ4v) is 5.58. The lowest BCUT2D eigenvalue weighted by atomic mass is 9.49. The predicted molar refractivity (Wildman–Crippen MR) is 117 cm³/mol. The molecule has 152 valence electrons. The number of rotatable bonds is 5. The minimum atomic E-state index is -0.118. The minimum absolute atomic E-state index is 0.118. The van der Waals surface area contributed by atoms with Crippen molar-refractivity contribution in [2.24, 2.45) is 34.3 Å². The average molecular weight is 364 g/mol. The fourth-order valence-electron chi connectivity index (χ4n) is 5.58. The number of nitrogens with zero attached hydrogens (tertiary/aromatic N) is 1. The van der Waals surface area contributed by atoms with Crippen LogP contribution in [-0.2, 0) is 0 Å². The van der Waals surface area contributed by atoms with E-state index in [2.05, 4.69) is 32.5 Å². The summed E-state index contributed by atoms with van der Waals surface area (Å²) in [7, 11) is 0. The topological polar surface area (TPSA) is 29.4 Å². The van der Waals surface area contributed by atoms with Crippen LogP contribution in [0.2, 0.25) is 0 Å². The summed E-state index contributed by atoms with van der Waals surface area (Å²) in [5.41, 5.74) is 0.499. The monoisotopic (exact) mass is 363 g/mol. The minimum Gasteiger partial charge on any atom is -0.150 e. The average Bonchev–Trinajstić information content (AvgIpc) is 2.62. The summed E-state index contributed by atoms with van der Waals surface area (Å²) in [6.07, 6.45) is 14.8. The van der Waals surface area contributed by atoms with Gasteiger partial charge in [-0.15, -0.1) is 6.58 Å². The molecule has 2 aliphatic carbocycles. The van der Waals surface area contributed by atoms with Gasteiger partial charge in [0.05, 0.1) is 0 Å². The van der Waals surface area contributed by atoms with Crippen LogP contribution in [0.4, 0.5) is 0 Å². The SMILES string of the molecule is C/C=C/[C@@H](CCC1C(C)CCC2C(C)CCCC21C)N=O.C=CC.CC. The number of fused-ring (bicyclic) bond motifs is 1. The van der Waals surface area contributed by atoms with Crippen LogP contribution < -0.4 is 0 Å². The summed E-state index contributed by atoms with van der Waals surface area (Å²) in [5, 5.41) is 3.29. The van der Waals surface area contributed by atoms with E-state index in [-0.39, 0.29) is 6.04 Å². The van der Waals surface area contributed by atoms with Gasteiger partial charge in [0.1, 0.15) is 6.04 Å². The molecule has 0 radical (unpaired) electrons. The first-order chi connectivity index (χ1) is 12.4. The third-order valence-electron chi connectivity index (χ3n) is 6.70. The Morgan fingerprint density at radius 2 is 1.77 bits per heavy atom. The van der Waals surface area contributed by atoms with Gasteiger partial charge in [0.15, 0.2) is 0 Å². The Bertz CT molecular complexity index is 416. The van der Waals surface area contributed by atoms with Gasteiger partial charge >= 0.3 is 0 Å². The van der Waals surface area contributed by atoms with Crippen LogP contribution in [0.15, 0.2) is 30.0 Å². The molecule has 0 N–H and O–H groups in total. The highest BCUT2D eigenvalue weighted by atomic mass is 16.3. The van der Waals surface area contributed by atoms with Crippen molar-refractivity contribution < 1.29 is 0 Å². The van der Waals surface area contributed by atoms with Crippen molar-refractivity contribution in [2.45, 2.75) is 99.5 Å². The largest absolute Gasteiger partial charge is 0.150 e. The molecule has 0 aromatic rings. The molecule has 2 nitrogen and oxygen atoms in total. The zero-order chi connectivity index (χ0) is 20.2. The van der Waals surface area contributed by atoms with Gasteiger partial charge in [-0.05, 0) is 68.6 Å². The van der Waals surface area contributed by atoms with Gasteiger partial charge in [0, 0.05) is 0 Å². The lowest BCUT2D eigenvalue weighted by molar-refractivity contribution is -0.0605. The third-order valence-corrected chi connectivity index (χ3v) is 6.70. The molecule has 2 aliphatic rings. The molecule has 0 aliphatic heterocycles. The Morgan fingerprint density at radius 3 is 2.31 bits per heavy atom. The number of allylic oxidation sites excluding steroid dienone is 2. The molecule has 0 amide bonds. The van der Waals surface area contributed by atoms with E-state index in [0.717, 1.165) is 30.1 Å². The highest BCUT2D eigenvalue weighted by molar-refractivity contribution is 5.00. The first kappa shape index (κ1) is 25.1. The smallest absolute Gasteiger partial charge is 0.110 e. The quantitative estimate of drug-likeness (QED) is 0.357. The Morgan fingerprint density at radius 1 is 1.15 bits per heavy atom. The lowest BCUT2D eigenvalue weighted by Gasteiger charge is -2.55. The highest BCUT2D eigenvalue weighted by Gasteiger charge is 2.49. The van der Waals surface area contributed by atoms with Crippen molar-refractivity contribution in [3.8, 4) is 0 Å². The van der Waals surface area contributed by atoms with Gasteiger partial charge in [0.25, 0.3) is 0 Å². The molecule has 0 saturated heterocycles. The van der Waals surface area contributed by atoms with Crippen LogP contribution in [0.3, 0.4) is 0 Å². The molecule has 0 spiro atoms. The van der Waals surface area contributed by atoms with Crippen molar-refractivity contribution in [3.05, 3.63) is 29.7 Å². The summed E-state index contributed by atoms with van der Waals surface area (Å²) in [6, 6.07) is -0.118. The molecular weight excluding hydrogens is 318 g/mol. The number of nitroso groups, excluding NO2 is 1. The summed E-state index contributed by atoms with van der Waals surface area (Å²) in [6.45, 7) is 18.7. The molecule has 6 atom stereocenters. The molecule has 0 aromatic carbocycles. The summed E-state index contributed by atoms with van der Waals surface area (Å²) < 4.78 is 0. The number of hydrogen-bond acceptors (Lipinski definition) is 2. The first-order valence-corrected chi connectivity index (χ1v) is 11.0. The molecule has 26 heavy (non-hydrogen) atoms. The maximum atomic E-state index is 11.0. The van der Waals surface area contributed by atoms with E-state index in [4.69, 9.17) is 0 Å². The molecular formula is C24H45NO. The van der Waals surface area contributed by atoms with Crippen molar-refractivity contribution in [2.75, 3.05) is 0 Å². The maximum Gasteiger partial charge on any atom is 0.110 e. The lowest BCUT2D eigenvalue weighted by Crippen LogP contribution is -2.47. The van der Waals surface area contributed by atoms with E-state index in [1.165, 1.54) is 38.5 Å². The van der Waals surface area contributed by atoms with Crippen molar-refractivity contribution in [1.29, 1.82) is 0 Å². The molecule has 2 fully saturated rings. The Balaban J connectivity index is 0.00000113. The van der Waals surface area contributed by atoms with Crippen LogP contribution in [0.5, 0.6) is 0 Å². The number of hydrogen-bond donors (Lipinski definition) is 0. The molecule has 2 saturated carbocycles. The molecule has 0 heterocycles. The zero-order valence-electron chi connectivity index (χ0n) is 18.6. The second-order valence-corrected chi connectivity index (χ2v) is 8.33. The van der Waals surface area contributed by atoms with Gasteiger partial charge in [0.2, 0.25) is 0 Å². The Hall–Kier alpha value is -0.920. The van der Waals surface area contributed by atoms with Crippen LogP contribution in [0, 0.1) is 34.0 Å². The van der Waals surface area contributed by atoms with Crippen LogP contribution in [-0.4, -0.2) is 6.04 Å².